The molecule has 0 aromatic carbocycles. The maximum absolute atomic E-state index is 11.8. The molecule has 1 amide bonds. The van der Waals surface area contributed by atoms with E-state index in [1.165, 1.54) is 11.3 Å². The highest BCUT2D eigenvalue weighted by Crippen LogP contribution is 2.17. The van der Waals surface area contributed by atoms with E-state index in [2.05, 4.69) is 25.5 Å². The second kappa shape index (κ2) is 4.62. The Morgan fingerprint density at radius 1 is 1.47 bits per heavy atom. The number of hydrogen-bond acceptors (Lipinski definition) is 5. The minimum atomic E-state index is -0.297. The van der Waals surface area contributed by atoms with Crippen molar-refractivity contribution in [2.75, 3.05) is 0 Å². The SMILES string of the molecule is Cc1csc(C(C)NC(=O)c2n[nH]c(C)n2)n1. The molecule has 0 radical (unpaired) electrons. The van der Waals surface area contributed by atoms with Gasteiger partial charge in [0.15, 0.2) is 0 Å². The summed E-state index contributed by atoms with van der Waals surface area (Å²) in [6, 6.07) is -0.139. The number of carbonyl (C=O) groups is 1. The van der Waals surface area contributed by atoms with E-state index < -0.39 is 0 Å². The fraction of sp³-hybridized carbons (Fsp3) is 0.400. The lowest BCUT2D eigenvalue weighted by atomic mass is 10.3. The first-order chi connectivity index (χ1) is 8.06. The number of nitrogens with one attached hydrogen (secondary N) is 2. The highest BCUT2D eigenvalue weighted by Gasteiger charge is 2.16. The molecule has 6 nitrogen and oxygen atoms in total. The number of nitrogens with zero attached hydrogens (tertiary/aromatic N) is 3. The van der Waals surface area contributed by atoms with Crippen LogP contribution < -0.4 is 5.32 Å². The number of amides is 1. The van der Waals surface area contributed by atoms with E-state index in [1.807, 2.05) is 19.2 Å². The lowest BCUT2D eigenvalue weighted by Gasteiger charge is -2.08. The predicted octanol–water partition coefficient (Wildman–Crippen LogP) is 1.37. The van der Waals surface area contributed by atoms with Crippen molar-refractivity contribution in [2.45, 2.75) is 26.8 Å². The van der Waals surface area contributed by atoms with Gasteiger partial charge in [-0.15, -0.1) is 16.4 Å². The summed E-state index contributed by atoms with van der Waals surface area (Å²) in [7, 11) is 0. The minimum absolute atomic E-state index is 0.139. The normalized spacial score (nSPS) is 12.4. The molecule has 0 saturated heterocycles. The van der Waals surface area contributed by atoms with Crippen molar-refractivity contribution in [3.05, 3.63) is 27.7 Å². The Balaban J connectivity index is 2.04. The molecule has 0 aliphatic heterocycles. The minimum Gasteiger partial charge on any atom is -0.340 e. The molecule has 2 N–H and O–H groups in total. The average molecular weight is 251 g/mol. The molecule has 2 heterocycles. The zero-order chi connectivity index (χ0) is 12.4. The van der Waals surface area contributed by atoms with Crippen molar-refractivity contribution in [1.82, 2.24) is 25.5 Å². The molecule has 0 spiro atoms. The molecular weight excluding hydrogens is 238 g/mol. The monoisotopic (exact) mass is 251 g/mol. The Morgan fingerprint density at radius 2 is 2.24 bits per heavy atom. The Bertz CT molecular complexity index is 532. The summed E-state index contributed by atoms with van der Waals surface area (Å²) < 4.78 is 0. The first-order valence-electron chi connectivity index (χ1n) is 5.18. The third-order valence-corrected chi connectivity index (χ3v) is 3.30. The van der Waals surface area contributed by atoms with Crippen LogP contribution in [-0.4, -0.2) is 26.1 Å². The number of thiazole rings is 1. The molecule has 2 aromatic rings. The van der Waals surface area contributed by atoms with Gasteiger partial charge in [0.05, 0.1) is 6.04 Å². The zero-order valence-corrected chi connectivity index (χ0v) is 10.6. The molecule has 2 aromatic heterocycles. The third-order valence-electron chi connectivity index (χ3n) is 2.16. The largest absolute Gasteiger partial charge is 0.340 e. The third kappa shape index (κ3) is 2.68. The molecule has 0 fully saturated rings. The first kappa shape index (κ1) is 11.7. The van der Waals surface area contributed by atoms with Crippen LogP contribution in [0.15, 0.2) is 5.38 Å². The summed E-state index contributed by atoms with van der Waals surface area (Å²) in [6.45, 7) is 5.56. The van der Waals surface area contributed by atoms with E-state index in [0.717, 1.165) is 10.7 Å². The number of hydrogen-bond donors (Lipinski definition) is 2. The van der Waals surface area contributed by atoms with Crippen LogP contribution in [0.25, 0.3) is 0 Å². The Hall–Kier alpha value is -1.76. The number of H-pyrrole nitrogens is 1. The van der Waals surface area contributed by atoms with Crippen molar-refractivity contribution in [2.24, 2.45) is 0 Å². The predicted molar refractivity (Wildman–Crippen MR) is 63.9 cm³/mol. The van der Waals surface area contributed by atoms with Crippen LogP contribution in [0.3, 0.4) is 0 Å². The summed E-state index contributed by atoms with van der Waals surface area (Å²) in [5.41, 5.74) is 0.958. The highest BCUT2D eigenvalue weighted by molar-refractivity contribution is 7.09. The molecule has 0 saturated carbocycles. The van der Waals surface area contributed by atoms with Crippen LogP contribution in [0, 0.1) is 13.8 Å². The quantitative estimate of drug-likeness (QED) is 0.863. The molecule has 90 valence electrons. The van der Waals surface area contributed by atoms with Gasteiger partial charge in [-0.2, -0.15) is 0 Å². The summed E-state index contributed by atoms with van der Waals surface area (Å²) in [4.78, 5) is 20.1. The Labute approximate surface area is 103 Å². The topological polar surface area (TPSA) is 83.6 Å². The van der Waals surface area contributed by atoms with E-state index in [0.29, 0.717) is 5.82 Å². The number of aryl methyl sites for hydroxylation is 2. The summed E-state index contributed by atoms with van der Waals surface area (Å²) >= 11 is 1.53. The molecule has 0 aliphatic rings. The van der Waals surface area contributed by atoms with Gasteiger partial charge in [-0.3, -0.25) is 9.89 Å². The summed E-state index contributed by atoms with van der Waals surface area (Å²) in [5, 5.41) is 12.1. The molecule has 0 bridgehead atoms. The Kier molecular flexibility index (Phi) is 3.19. The van der Waals surface area contributed by atoms with Crippen LogP contribution >= 0.6 is 11.3 Å². The van der Waals surface area contributed by atoms with Crippen LogP contribution in [0.2, 0.25) is 0 Å². The van der Waals surface area contributed by atoms with Gasteiger partial charge in [0.2, 0.25) is 5.82 Å². The summed E-state index contributed by atoms with van der Waals surface area (Å²) in [6.07, 6.45) is 0. The number of aromatic nitrogens is 4. The van der Waals surface area contributed by atoms with Crippen molar-refractivity contribution < 1.29 is 4.79 Å². The number of rotatable bonds is 3. The van der Waals surface area contributed by atoms with Gasteiger partial charge >= 0.3 is 0 Å². The van der Waals surface area contributed by atoms with Crippen molar-refractivity contribution in [3.8, 4) is 0 Å². The van der Waals surface area contributed by atoms with Gasteiger partial charge in [-0.05, 0) is 20.8 Å². The molecule has 1 unspecified atom stereocenters. The van der Waals surface area contributed by atoms with E-state index >= 15 is 0 Å². The van der Waals surface area contributed by atoms with E-state index in [4.69, 9.17) is 0 Å². The lowest BCUT2D eigenvalue weighted by Crippen LogP contribution is -2.27. The molecule has 7 heteroatoms. The fourth-order valence-electron chi connectivity index (χ4n) is 1.34. The lowest BCUT2D eigenvalue weighted by molar-refractivity contribution is 0.0929. The van der Waals surface area contributed by atoms with Crippen molar-refractivity contribution >= 4 is 17.2 Å². The molecule has 17 heavy (non-hydrogen) atoms. The molecule has 2 rings (SSSR count). The fourth-order valence-corrected chi connectivity index (χ4v) is 2.14. The maximum atomic E-state index is 11.8. The molecule has 1 atom stereocenters. The van der Waals surface area contributed by atoms with Gasteiger partial charge in [-0.1, -0.05) is 0 Å². The molecular formula is C10H13N5OS. The van der Waals surface area contributed by atoms with Crippen LogP contribution in [0.5, 0.6) is 0 Å². The van der Waals surface area contributed by atoms with Gasteiger partial charge in [0.25, 0.3) is 5.91 Å². The maximum Gasteiger partial charge on any atom is 0.291 e. The molecule has 0 aliphatic carbocycles. The van der Waals surface area contributed by atoms with Gasteiger partial charge < -0.3 is 5.32 Å². The smallest absolute Gasteiger partial charge is 0.291 e. The van der Waals surface area contributed by atoms with E-state index in [-0.39, 0.29) is 17.8 Å². The number of aromatic amines is 1. The van der Waals surface area contributed by atoms with Crippen LogP contribution in [0.1, 0.15) is 40.1 Å². The Morgan fingerprint density at radius 3 is 2.76 bits per heavy atom. The zero-order valence-electron chi connectivity index (χ0n) is 9.81. The van der Waals surface area contributed by atoms with Crippen molar-refractivity contribution in [1.29, 1.82) is 0 Å². The highest BCUT2D eigenvalue weighted by atomic mass is 32.1. The number of carbonyl (C=O) groups excluding carboxylic acids is 1. The van der Waals surface area contributed by atoms with Crippen LogP contribution in [-0.2, 0) is 0 Å². The second-order valence-electron chi connectivity index (χ2n) is 3.77. The second-order valence-corrected chi connectivity index (χ2v) is 4.66. The van der Waals surface area contributed by atoms with Crippen LogP contribution in [0.4, 0.5) is 0 Å². The standard InChI is InChI=1S/C10H13N5OS/c1-5-4-17-10(11-5)6(2)12-9(16)8-13-7(3)14-15-8/h4,6H,1-3H3,(H,12,16)(H,13,14,15). The van der Waals surface area contributed by atoms with Crippen molar-refractivity contribution in [3.63, 3.8) is 0 Å². The van der Waals surface area contributed by atoms with Gasteiger partial charge in [0.1, 0.15) is 10.8 Å². The van der Waals surface area contributed by atoms with E-state index in [1.54, 1.807) is 6.92 Å². The van der Waals surface area contributed by atoms with Gasteiger partial charge in [-0.25, -0.2) is 9.97 Å². The van der Waals surface area contributed by atoms with E-state index in [9.17, 15) is 4.79 Å². The van der Waals surface area contributed by atoms with Gasteiger partial charge in [0, 0.05) is 11.1 Å². The summed E-state index contributed by atoms with van der Waals surface area (Å²) in [5.74, 6) is 0.477. The average Bonchev–Trinajstić information content (AvgIpc) is 2.87. The first-order valence-corrected chi connectivity index (χ1v) is 6.06.